The van der Waals surface area contributed by atoms with Gasteiger partial charge in [0.25, 0.3) is 11.4 Å². The van der Waals surface area contributed by atoms with E-state index in [-0.39, 0.29) is 31.4 Å². The number of rotatable bonds is 6. The predicted octanol–water partition coefficient (Wildman–Crippen LogP) is 10.7. The number of allylic oxidation sites excluding steroid dienone is 2. The van der Waals surface area contributed by atoms with Crippen molar-refractivity contribution in [3.63, 3.8) is 0 Å². The van der Waals surface area contributed by atoms with E-state index in [2.05, 4.69) is 9.69 Å². The number of hydrogen-bond donors (Lipinski definition) is 0. The van der Waals surface area contributed by atoms with Crippen molar-refractivity contribution in [2.75, 3.05) is 0 Å². The van der Waals surface area contributed by atoms with Crippen LogP contribution in [0.3, 0.4) is 0 Å². The molecule has 0 saturated heterocycles. The predicted molar refractivity (Wildman–Crippen MR) is 219 cm³/mol. The van der Waals surface area contributed by atoms with Gasteiger partial charge in [-0.05, 0) is 118 Å². The van der Waals surface area contributed by atoms with Crippen molar-refractivity contribution in [3.05, 3.63) is 201 Å². The monoisotopic (exact) mass is 790 g/mol. The third-order valence-electron chi connectivity index (χ3n) is 9.64. The second kappa shape index (κ2) is 14.8. The lowest BCUT2D eigenvalue weighted by Gasteiger charge is -2.10. The zero-order valence-corrected chi connectivity index (χ0v) is 31.8. The number of sulfone groups is 1. The summed E-state index contributed by atoms with van der Waals surface area (Å²) < 4.78 is 27.3. The van der Waals surface area contributed by atoms with E-state index in [0.29, 0.717) is 65.4 Å². The maximum absolute atomic E-state index is 13.7. The fourth-order valence-corrected chi connectivity index (χ4v) is 9.98. The first kappa shape index (κ1) is 36.7. The molecule has 0 spiro atoms. The summed E-state index contributed by atoms with van der Waals surface area (Å²) in [6.45, 7) is 15.1. The van der Waals surface area contributed by atoms with Crippen LogP contribution in [0, 0.1) is 35.8 Å². The highest BCUT2D eigenvalue weighted by molar-refractivity contribution is 8.14. The molecule has 0 bridgehead atoms. The molecule has 0 radical (unpaired) electrons. The van der Waals surface area contributed by atoms with Crippen LogP contribution in [0.25, 0.3) is 43.1 Å². The van der Waals surface area contributed by atoms with Crippen LogP contribution in [-0.4, -0.2) is 18.6 Å². The number of carbonyl (C=O) groups excluding carboxylic acids is 2. The third kappa shape index (κ3) is 6.23. The molecule has 8 nitrogen and oxygen atoms in total. The fraction of sp³-hybridized carbons (Fsp3) is 0. The van der Waals surface area contributed by atoms with Gasteiger partial charge in [-0.3, -0.25) is 9.59 Å². The Balaban J connectivity index is 1.01. The van der Waals surface area contributed by atoms with E-state index >= 15 is 0 Å². The van der Waals surface area contributed by atoms with Gasteiger partial charge in [-0.15, -0.1) is 0 Å². The van der Waals surface area contributed by atoms with E-state index in [1.807, 2.05) is 60.7 Å². The summed E-state index contributed by atoms with van der Waals surface area (Å²) in [6.07, 6.45) is 0. The van der Waals surface area contributed by atoms with Crippen molar-refractivity contribution in [2.24, 2.45) is 0 Å². The number of benzene rings is 6. The second-order valence-electron chi connectivity index (χ2n) is 12.7. The minimum atomic E-state index is -3.96. The molecule has 268 valence electrons. The smallest absolute Gasteiger partial charge is 0.270 e. The molecular weight excluding hydrogens is 769 g/mol. The van der Waals surface area contributed by atoms with Gasteiger partial charge in [0, 0.05) is 43.2 Å². The standard InChI is InChI=1S/C46H22N4O4S3/c1-49-39(25-47)43-33-11-5-3-9-31(33)41-35(43)13-7-15-37(41)45(51)55-27-17-21-29(22-18-27)57(53,54)30-23-19-28(20-24-30)56-46(52)38-16-8-14-36-42(38)32-10-4-6-12-34(32)44(36)40(26-48)50-2/h3-24H/b43-39-,44-40+. The summed E-state index contributed by atoms with van der Waals surface area (Å²) in [7, 11) is -3.96. The molecule has 2 aliphatic rings. The van der Waals surface area contributed by atoms with E-state index < -0.39 is 9.84 Å². The average molecular weight is 791 g/mol. The number of nitriles is 2. The quantitative estimate of drug-likeness (QED) is 0.0926. The summed E-state index contributed by atoms with van der Waals surface area (Å²) in [5.41, 5.74) is 7.21. The van der Waals surface area contributed by atoms with Gasteiger partial charge in [0.1, 0.15) is 0 Å². The molecule has 57 heavy (non-hydrogen) atoms. The molecule has 0 N–H and O–H groups in total. The number of hydrogen-bond acceptors (Lipinski definition) is 8. The molecule has 0 heterocycles. The van der Waals surface area contributed by atoms with Crippen LogP contribution in [0.1, 0.15) is 43.0 Å². The summed E-state index contributed by atoms with van der Waals surface area (Å²) in [5, 5.41) is 18.8. The maximum Gasteiger partial charge on any atom is 0.270 e. The molecule has 11 heteroatoms. The Morgan fingerprint density at radius 1 is 0.491 bits per heavy atom. The topological polar surface area (TPSA) is 125 Å². The van der Waals surface area contributed by atoms with Crippen LogP contribution < -0.4 is 0 Å². The van der Waals surface area contributed by atoms with Crippen LogP contribution in [0.4, 0.5) is 0 Å². The molecule has 0 aliphatic heterocycles. The van der Waals surface area contributed by atoms with Gasteiger partial charge in [0.2, 0.25) is 20.1 Å². The molecule has 0 aromatic heterocycles. The Kier molecular flexibility index (Phi) is 9.51. The number of fused-ring (bicyclic) bond motifs is 6. The molecule has 0 saturated carbocycles. The van der Waals surface area contributed by atoms with Gasteiger partial charge in [0.15, 0.2) is 0 Å². The van der Waals surface area contributed by atoms with Gasteiger partial charge in [-0.25, -0.2) is 28.6 Å². The molecular formula is C46H22N4O4S3. The summed E-state index contributed by atoms with van der Waals surface area (Å²) >= 11 is 1.89. The third-order valence-corrected chi connectivity index (χ3v) is 13.2. The SMILES string of the molecule is [C-]#[N+]/C(C#N)=C1/c2ccccc2-c2c(C(=O)Sc3ccc(S(=O)(=O)c4ccc(SC(=O)c5cccc6c5-c5ccccc5/C6=C(/C#N)[N+]#[C-])cc4)cc3)cccc21. The number of carbonyl (C=O) groups is 2. The minimum absolute atomic E-state index is 0.0294. The van der Waals surface area contributed by atoms with Gasteiger partial charge in [-0.1, -0.05) is 72.8 Å². The first-order valence-corrected chi connectivity index (χ1v) is 20.2. The van der Waals surface area contributed by atoms with Crippen molar-refractivity contribution in [2.45, 2.75) is 19.6 Å². The second-order valence-corrected chi connectivity index (χ2v) is 16.7. The van der Waals surface area contributed by atoms with Crippen LogP contribution in [0.5, 0.6) is 0 Å². The highest BCUT2D eigenvalue weighted by atomic mass is 32.2. The van der Waals surface area contributed by atoms with Crippen LogP contribution >= 0.6 is 23.5 Å². The van der Waals surface area contributed by atoms with Crippen LogP contribution in [0.15, 0.2) is 164 Å². The van der Waals surface area contributed by atoms with Gasteiger partial charge >= 0.3 is 0 Å². The largest absolute Gasteiger partial charge is 0.281 e. The highest BCUT2D eigenvalue weighted by Gasteiger charge is 2.32. The average Bonchev–Trinajstić information content (AvgIpc) is 3.76. The Bertz CT molecular complexity index is 2870. The lowest BCUT2D eigenvalue weighted by atomic mass is 9.99. The zero-order valence-electron chi connectivity index (χ0n) is 29.3. The summed E-state index contributed by atoms with van der Waals surface area (Å²) in [5.74, 6) is 0. The normalized spacial score (nSPS) is 13.7. The summed E-state index contributed by atoms with van der Waals surface area (Å²) in [4.78, 5) is 35.4. The Morgan fingerprint density at radius 3 is 1.19 bits per heavy atom. The Hall–Kier alpha value is -7.25. The first-order chi connectivity index (χ1) is 27.7. The van der Waals surface area contributed by atoms with Crippen molar-refractivity contribution in [1.82, 2.24) is 0 Å². The number of thioether (sulfide) groups is 2. The van der Waals surface area contributed by atoms with Gasteiger partial charge < -0.3 is 0 Å². The van der Waals surface area contributed by atoms with E-state index in [9.17, 15) is 28.5 Å². The minimum Gasteiger partial charge on any atom is -0.281 e. The van der Waals surface area contributed by atoms with E-state index in [1.165, 1.54) is 24.3 Å². The zero-order chi connectivity index (χ0) is 39.8. The molecule has 6 aromatic rings. The van der Waals surface area contributed by atoms with E-state index in [4.69, 9.17) is 13.1 Å². The lowest BCUT2D eigenvalue weighted by molar-refractivity contribution is 0.108. The highest BCUT2D eigenvalue weighted by Crippen LogP contribution is 2.50. The summed E-state index contributed by atoms with van der Waals surface area (Å²) in [6, 6.07) is 41.2. The van der Waals surface area contributed by atoms with E-state index in [0.717, 1.165) is 34.7 Å². The lowest BCUT2D eigenvalue weighted by Crippen LogP contribution is -2.02. The number of nitrogens with zero attached hydrogens (tertiary/aromatic N) is 4. The van der Waals surface area contributed by atoms with Crippen LogP contribution in [0.2, 0.25) is 0 Å². The Labute approximate surface area is 336 Å². The van der Waals surface area contributed by atoms with Crippen molar-refractivity contribution in [3.8, 4) is 34.4 Å². The van der Waals surface area contributed by atoms with Crippen molar-refractivity contribution < 1.29 is 18.0 Å². The molecule has 0 atom stereocenters. The molecule has 6 aromatic carbocycles. The van der Waals surface area contributed by atoms with Crippen molar-refractivity contribution >= 4 is 54.7 Å². The molecule has 0 fully saturated rings. The van der Waals surface area contributed by atoms with Crippen molar-refractivity contribution in [1.29, 1.82) is 10.5 Å². The molecule has 0 unspecified atom stereocenters. The van der Waals surface area contributed by atoms with E-state index in [1.54, 1.807) is 60.7 Å². The molecule has 0 amide bonds. The van der Waals surface area contributed by atoms with Crippen LogP contribution in [-0.2, 0) is 9.84 Å². The van der Waals surface area contributed by atoms with Gasteiger partial charge in [0.05, 0.1) is 35.1 Å². The molecule has 2 aliphatic carbocycles. The first-order valence-electron chi connectivity index (χ1n) is 17.1. The maximum atomic E-state index is 13.7. The fourth-order valence-electron chi connectivity index (χ4n) is 7.19. The Morgan fingerprint density at radius 2 is 0.842 bits per heavy atom. The molecule has 8 rings (SSSR count). The van der Waals surface area contributed by atoms with Gasteiger partial charge in [-0.2, -0.15) is 0 Å².